The zero-order valence-electron chi connectivity index (χ0n) is 36.5. The molecule has 0 saturated heterocycles. The average Bonchev–Trinajstić information content (AvgIpc) is 3.90. The number of aromatic nitrogens is 4. The van der Waals surface area contributed by atoms with Crippen LogP contribution in [0.4, 0.5) is 0 Å². The molecule has 0 unspecified atom stereocenters. The molecule has 5 heteroatoms. The lowest BCUT2D eigenvalue weighted by molar-refractivity contribution is 0.669. The molecule has 3 aromatic heterocycles. The Balaban J connectivity index is 1.10. The van der Waals surface area contributed by atoms with Crippen LogP contribution in [0.2, 0.25) is 0 Å². The van der Waals surface area contributed by atoms with Crippen LogP contribution in [-0.4, -0.2) is 19.5 Å². The van der Waals surface area contributed by atoms with Crippen molar-refractivity contribution >= 4 is 108 Å². The third-order valence-corrected chi connectivity index (χ3v) is 14.1. The highest BCUT2D eigenvalue weighted by molar-refractivity contribution is 6.18. The van der Waals surface area contributed by atoms with Crippen molar-refractivity contribution in [1.29, 1.82) is 0 Å². The number of hydrogen-bond acceptors (Lipinski definition) is 4. The molecular weight excluding hydrogens is 829 g/mol. The Kier molecular flexibility index (Phi) is 7.72. The number of rotatable bonds is 4. The Morgan fingerprint density at radius 3 is 1.38 bits per heavy atom. The Morgan fingerprint density at radius 1 is 0.279 bits per heavy atom. The van der Waals surface area contributed by atoms with E-state index in [-0.39, 0.29) is 0 Å². The topological polar surface area (TPSA) is 56.7 Å². The molecule has 0 radical (unpaired) electrons. The second kappa shape index (κ2) is 14.2. The summed E-state index contributed by atoms with van der Waals surface area (Å²) < 4.78 is 9.31. The predicted octanol–water partition coefficient (Wildman–Crippen LogP) is 16.8. The first kappa shape index (κ1) is 37.1. The van der Waals surface area contributed by atoms with Gasteiger partial charge in [-0.05, 0) is 119 Å². The fourth-order valence-corrected chi connectivity index (χ4v) is 10.8. The maximum atomic E-state index is 6.90. The van der Waals surface area contributed by atoms with Crippen molar-refractivity contribution in [2.75, 3.05) is 0 Å². The lowest BCUT2D eigenvalue weighted by Gasteiger charge is -2.16. The van der Waals surface area contributed by atoms with E-state index in [1.807, 2.05) is 0 Å². The minimum absolute atomic E-state index is 0.569. The maximum absolute atomic E-state index is 6.90. The van der Waals surface area contributed by atoms with Crippen LogP contribution < -0.4 is 0 Å². The minimum Gasteiger partial charge on any atom is -0.456 e. The van der Waals surface area contributed by atoms with Gasteiger partial charge in [-0.25, -0.2) is 15.0 Å². The molecule has 0 aliphatic heterocycles. The molecule has 0 aliphatic rings. The molecular formula is C63H36N4O. The first-order valence-electron chi connectivity index (χ1n) is 23.1. The van der Waals surface area contributed by atoms with Gasteiger partial charge in [0.2, 0.25) is 0 Å². The van der Waals surface area contributed by atoms with Gasteiger partial charge in [0, 0.05) is 44.3 Å². The van der Waals surface area contributed by atoms with Gasteiger partial charge < -0.3 is 8.98 Å². The van der Waals surface area contributed by atoms with E-state index in [9.17, 15) is 0 Å². The van der Waals surface area contributed by atoms with Gasteiger partial charge in [0.15, 0.2) is 17.5 Å². The van der Waals surface area contributed by atoms with Crippen LogP contribution in [0, 0.1) is 0 Å². The molecule has 3 heterocycles. The van der Waals surface area contributed by atoms with Gasteiger partial charge in [0.1, 0.15) is 11.2 Å². The van der Waals surface area contributed by atoms with Crippen LogP contribution >= 0.6 is 0 Å². The highest BCUT2D eigenvalue weighted by atomic mass is 16.3. The normalized spacial score (nSPS) is 12.1. The first-order valence-corrected chi connectivity index (χ1v) is 23.1. The summed E-state index contributed by atoms with van der Waals surface area (Å²) >= 11 is 0. The molecule has 0 N–H and O–H groups in total. The van der Waals surface area contributed by atoms with Gasteiger partial charge in [-0.15, -0.1) is 0 Å². The lowest BCUT2D eigenvalue weighted by Crippen LogP contribution is -2.04. The highest BCUT2D eigenvalue weighted by Crippen LogP contribution is 2.44. The predicted molar refractivity (Wildman–Crippen MR) is 283 cm³/mol. The Labute approximate surface area is 388 Å². The molecule has 0 bridgehead atoms. The van der Waals surface area contributed by atoms with Crippen molar-refractivity contribution in [3.8, 4) is 39.9 Å². The Morgan fingerprint density at radius 2 is 0.735 bits per heavy atom. The van der Waals surface area contributed by atoms with Crippen LogP contribution in [0.15, 0.2) is 223 Å². The Hall–Kier alpha value is -9.19. The maximum Gasteiger partial charge on any atom is 0.166 e. The van der Waals surface area contributed by atoms with Crippen LogP contribution in [0.25, 0.3) is 148 Å². The molecule has 0 aliphatic carbocycles. The molecule has 5 nitrogen and oxygen atoms in total. The van der Waals surface area contributed by atoms with Crippen molar-refractivity contribution < 1.29 is 4.42 Å². The van der Waals surface area contributed by atoms with E-state index in [4.69, 9.17) is 19.4 Å². The molecule has 68 heavy (non-hydrogen) atoms. The summed E-state index contributed by atoms with van der Waals surface area (Å²) in [5.41, 5.74) is 7.42. The van der Waals surface area contributed by atoms with Crippen LogP contribution in [0.5, 0.6) is 0 Å². The van der Waals surface area contributed by atoms with Gasteiger partial charge in [0.05, 0.1) is 16.7 Å². The van der Waals surface area contributed by atoms with Crippen molar-refractivity contribution in [2.24, 2.45) is 0 Å². The summed E-state index contributed by atoms with van der Waals surface area (Å²) in [5.74, 6) is 1.77. The number of hydrogen-bond donors (Lipinski definition) is 0. The minimum atomic E-state index is 0.569. The quantitative estimate of drug-likeness (QED) is 0.165. The average molecular weight is 865 g/mol. The molecule has 15 rings (SSSR count). The second-order valence-electron chi connectivity index (χ2n) is 18.0. The Bertz CT molecular complexity index is 4540. The number of nitrogens with zero attached hydrogens (tertiary/aromatic N) is 4. The first-order chi connectivity index (χ1) is 33.6. The van der Waals surface area contributed by atoms with Crippen molar-refractivity contribution in [3.63, 3.8) is 0 Å². The molecule has 0 amide bonds. The molecule has 0 fully saturated rings. The zero-order valence-corrected chi connectivity index (χ0v) is 36.5. The van der Waals surface area contributed by atoms with Crippen molar-refractivity contribution in [3.05, 3.63) is 218 Å². The third kappa shape index (κ3) is 5.60. The fraction of sp³-hybridized carbons (Fsp3) is 0. The monoisotopic (exact) mass is 864 g/mol. The van der Waals surface area contributed by atoms with Gasteiger partial charge in [0.25, 0.3) is 0 Å². The van der Waals surface area contributed by atoms with Gasteiger partial charge in [-0.3, -0.25) is 0 Å². The standard InChI is InChI=1S/C63H36N4O/c1-2-14-38-27-46(26-25-37(38)13-1)61-64-62(54-31-45-21-9-10-22-47(45)48-23-11-12-24-49(48)54)66-63(65-61)55-35-53-52-30-41-17-5-8-20-44(41)34-59(52)68-60(53)36-58(55)67-56-32-42-18-6-3-15-39(42)28-50(56)51-29-40-16-4-7-19-43(40)33-57(51)67/h1-36H. The summed E-state index contributed by atoms with van der Waals surface area (Å²) in [4.78, 5) is 16.6. The van der Waals surface area contributed by atoms with Crippen molar-refractivity contribution in [1.82, 2.24) is 19.5 Å². The smallest absolute Gasteiger partial charge is 0.166 e. The zero-order chi connectivity index (χ0) is 44.5. The highest BCUT2D eigenvalue weighted by Gasteiger charge is 2.24. The number of furan rings is 1. The fourth-order valence-electron chi connectivity index (χ4n) is 10.8. The largest absolute Gasteiger partial charge is 0.456 e. The summed E-state index contributed by atoms with van der Waals surface area (Å²) in [6.07, 6.45) is 0. The molecule has 12 aromatic carbocycles. The van der Waals surface area contributed by atoms with Crippen LogP contribution in [0.1, 0.15) is 0 Å². The van der Waals surface area contributed by atoms with E-state index >= 15 is 0 Å². The van der Waals surface area contributed by atoms with E-state index in [1.54, 1.807) is 0 Å². The van der Waals surface area contributed by atoms with E-state index < -0.39 is 0 Å². The molecule has 314 valence electrons. The van der Waals surface area contributed by atoms with Crippen molar-refractivity contribution in [2.45, 2.75) is 0 Å². The van der Waals surface area contributed by atoms with E-state index in [1.165, 1.54) is 26.9 Å². The van der Waals surface area contributed by atoms with Gasteiger partial charge >= 0.3 is 0 Å². The SMILES string of the molecule is c1ccc2cc(-c3nc(-c4cc5c(cc4-n4c6cc7ccccc7cc6c6cc7ccccc7cc64)oc4cc6ccccc6cc45)nc(-c4cc5ccccc5c5ccccc45)n3)ccc2c1. The van der Waals surface area contributed by atoms with E-state index in [0.29, 0.717) is 17.5 Å². The van der Waals surface area contributed by atoms with Crippen LogP contribution in [0.3, 0.4) is 0 Å². The van der Waals surface area contributed by atoms with E-state index in [2.05, 4.69) is 223 Å². The number of fused-ring (bicyclic) bond motifs is 13. The molecule has 0 spiro atoms. The molecule has 0 atom stereocenters. The lowest BCUT2D eigenvalue weighted by atomic mass is 9.96. The van der Waals surface area contributed by atoms with E-state index in [0.717, 1.165) is 104 Å². The van der Waals surface area contributed by atoms with Gasteiger partial charge in [-0.1, -0.05) is 158 Å². The summed E-state index contributed by atoms with van der Waals surface area (Å²) in [5, 5.41) is 18.2. The van der Waals surface area contributed by atoms with Crippen LogP contribution in [-0.2, 0) is 0 Å². The molecule has 15 aromatic rings. The molecule has 0 saturated carbocycles. The summed E-state index contributed by atoms with van der Waals surface area (Å²) in [6, 6.07) is 78.3. The summed E-state index contributed by atoms with van der Waals surface area (Å²) in [7, 11) is 0. The van der Waals surface area contributed by atoms with Gasteiger partial charge in [-0.2, -0.15) is 0 Å². The second-order valence-corrected chi connectivity index (χ2v) is 18.0. The summed E-state index contributed by atoms with van der Waals surface area (Å²) in [6.45, 7) is 0. The number of benzene rings is 12. The third-order valence-electron chi connectivity index (χ3n) is 14.1.